The van der Waals surface area contributed by atoms with E-state index in [2.05, 4.69) is 0 Å². The Morgan fingerprint density at radius 2 is 2.29 bits per heavy atom. The number of methoxy groups -OCH3 is 1. The average Bonchev–Trinajstić information content (AvgIpc) is 2.72. The first kappa shape index (κ1) is 11.4. The first-order valence-corrected chi connectivity index (χ1v) is 5.29. The molecule has 0 unspecified atom stereocenters. The van der Waals surface area contributed by atoms with Gasteiger partial charge in [0.2, 0.25) is 5.91 Å². The minimum absolute atomic E-state index is 0.0620. The molecule has 1 N–H and O–H groups in total. The van der Waals surface area contributed by atoms with Crippen LogP contribution in [-0.4, -0.2) is 30.6 Å². The number of aliphatic carboxylic acids is 1. The second-order valence-electron chi connectivity index (χ2n) is 3.95. The van der Waals surface area contributed by atoms with Gasteiger partial charge >= 0.3 is 5.97 Å². The summed E-state index contributed by atoms with van der Waals surface area (Å²) in [6, 6.07) is 7.04. The third-order valence-corrected chi connectivity index (χ3v) is 2.84. The number of anilines is 1. The number of carboxylic acid groups (broad SMARTS) is 1. The fourth-order valence-electron chi connectivity index (χ4n) is 1.90. The van der Waals surface area contributed by atoms with E-state index < -0.39 is 11.9 Å². The molecule has 1 fully saturated rings. The predicted molar refractivity (Wildman–Crippen MR) is 61.1 cm³/mol. The number of carbonyl (C=O) groups is 2. The highest BCUT2D eigenvalue weighted by Crippen LogP contribution is 2.27. The van der Waals surface area contributed by atoms with E-state index in [1.165, 1.54) is 4.90 Å². The highest BCUT2D eigenvalue weighted by molar-refractivity contribution is 5.99. The zero-order chi connectivity index (χ0) is 12.4. The summed E-state index contributed by atoms with van der Waals surface area (Å²) in [5.41, 5.74) is 0.679. The molecule has 1 heterocycles. The van der Waals surface area contributed by atoms with Crippen molar-refractivity contribution in [1.82, 2.24) is 0 Å². The number of ether oxygens (including phenoxy) is 1. The minimum Gasteiger partial charge on any atom is -0.497 e. The van der Waals surface area contributed by atoms with E-state index in [1.807, 2.05) is 0 Å². The molecular formula is C12H13NO4. The van der Waals surface area contributed by atoms with Crippen molar-refractivity contribution in [3.8, 4) is 5.75 Å². The van der Waals surface area contributed by atoms with Gasteiger partial charge in [0.15, 0.2) is 0 Å². The first-order valence-electron chi connectivity index (χ1n) is 5.29. The quantitative estimate of drug-likeness (QED) is 0.852. The summed E-state index contributed by atoms with van der Waals surface area (Å²) in [5.74, 6) is -1.06. The van der Waals surface area contributed by atoms with Crippen molar-refractivity contribution in [1.29, 1.82) is 0 Å². The fourth-order valence-corrected chi connectivity index (χ4v) is 1.90. The highest BCUT2D eigenvalue weighted by Gasteiger charge is 2.35. The number of hydrogen-bond donors (Lipinski definition) is 1. The van der Waals surface area contributed by atoms with Crippen LogP contribution in [0, 0.1) is 5.92 Å². The lowest BCUT2D eigenvalue weighted by Gasteiger charge is -2.16. The third kappa shape index (κ3) is 2.22. The number of amides is 1. The van der Waals surface area contributed by atoms with Gasteiger partial charge in [0.25, 0.3) is 0 Å². The van der Waals surface area contributed by atoms with Crippen molar-refractivity contribution in [2.75, 3.05) is 18.6 Å². The van der Waals surface area contributed by atoms with E-state index in [1.54, 1.807) is 31.4 Å². The third-order valence-electron chi connectivity index (χ3n) is 2.84. The number of carbonyl (C=O) groups excluding carboxylic acids is 1. The van der Waals surface area contributed by atoms with Gasteiger partial charge in [-0.3, -0.25) is 9.59 Å². The Morgan fingerprint density at radius 3 is 2.88 bits per heavy atom. The molecule has 5 nitrogen and oxygen atoms in total. The summed E-state index contributed by atoms with van der Waals surface area (Å²) in [6.45, 7) is 0.224. The van der Waals surface area contributed by atoms with E-state index in [0.717, 1.165) is 0 Å². The number of rotatable bonds is 3. The van der Waals surface area contributed by atoms with Crippen LogP contribution in [0.25, 0.3) is 0 Å². The minimum atomic E-state index is -0.927. The molecule has 1 aromatic rings. The molecule has 1 saturated heterocycles. The Kier molecular flexibility index (Phi) is 2.99. The largest absolute Gasteiger partial charge is 0.497 e. The maximum Gasteiger partial charge on any atom is 0.308 e. The Bertz CT molecular complexity index is 458. The van der Waals surface area contributed by atoms with Crippen LogP contribution in [0.5, 0.6) is 5.75 Å². The predicted octanol–water partition coefficient (Wildman–Crippen LogP) is 1.13. The second kappa shape index (κ2) is 4.45. The number of carboxylic acids is 1. The number of benzene rings is 1. The Labute approximate surface area is 98.6 Å². The summed E-state index contributed by atoms with van der Waals surface area (Å²) >= 11 is 0. The van der Waals surface area contributed by atoms with E-state index in [9.17, 15) is 9.59 Å². The van der Waals surface area contributed by atoms with Gasteiger partial charge in [-0.1, -0.05) is 6.07 Å². The van der Waals surface area contributed by atoms with Crippen LogP contribution in [0.2, 0.25) is 0 Å². The van der Waals surface area contributed by atoms with Gasteiger partial charge in [-0.25, -0.2) is 0 Å². The van der Waals surface area contributed by atoms with E-state index in [0.29, 0.717) is 11.4 Å². The number of nitrogens with zero attached hydrogens (tertiary/aromatic N) is 1. The van der Waals surface area contributed by atoms with Gasteiger partial charge in [0, 0.05) is 24.7 Å². The lowest BCUT2D eigenvalue weighted by molar-refractivity contribution is -0.141. The molecule has 1 amide bonds. The van der Waals surface area contributed by atoms with Gasteiger partial charge < -0.3 is 14.7 Å². The van der Waals surface area contributed by atoms with Crippen LogP contribution in [0.15, 0.2) is 24.3 Å². The number of hydrogen-bond acceptors (Lipinski definition) is 3. The van der Waals surface area contributed by atoms with Gasteiger partial charge in [0.1, 0.15) is 5.75 Å². The molecule has 5 heteroatoms. The van der Waals surface area contributed by atoms with Gasteiger partial charge in [-0.05, 0) is 12.1 Å². The van der Waals surface area contributed by atoms with Crippen molar-refractivity contribution < 1.29 is 19.4 Å². The molecule has 0 radical (unpaired) electrons. The molecule has 2 rings (SSSR count). The van der Waals surface area contributed by atoms with Crippen LogP contribution >= 0.6 is 0 Å². The molecule has 1 aliphatic heterocycles. The zero-order valence-electron chi connectivity index (χ0n) is 9.42. The van der Waals surface area contributed by atoms with E-state index in [4.69, 9.17) is 9.84 Å². The molecule has 17 heavy (non-hydrogen) atoms. The summed E-state index contributed by atoms with van der Waals surface area (Å²) in [7, 11) is 1.55. The molecule has 0 aromatic heterocycles. The molecule has 0 bridgehead atoms. The van der Waals surface area contributed by atoms with Crippen molar-refractivity contribution in [2.24, 2.45) is 5.92 Å². The van der Waals surface area contributed by atoms with Crippen LogP contribution in [-0.2, 0) is 9.59 Å². The van der Waals surface area contributed by atoms with E-state index in [-0.39, 0.29) is 18.9 Å². The van der Waals surface area contributed by atoms with Crippen molar-refractivity contribution in [3.05, 3.63) is 24.3 Å². The molecule has 90 valence electrons. The summed E-state index contributed by atoms with van der Waals surface area (Å²) < 4.78 is 5.07. The van der Waals surface area contributed by atoms with E-state index >= 15 is 0 Å². The molecule has 0 aliphatic carbocycles. The highest BCUT2D eigenvalue weighted by atomic mass is 16.5. The average molecular weight is 235 g/mol. The summed E-state index contributed by atoms with van der Waals surface area (Å²) in [5, 5.41) is 8.89. The Balaban J connectivity index is 2.22. The Hall–Kier alpha value is -2.04. The summed E-state index contributed by atoms with van der Waals surface area (Å²) in [4.78, 5) is 24.0. The fraction of sp³-hybridized carbons (Fsp3) is 0.333. The Morgan fingerprint density at radius 1 is 1.53 bits per heavy atom. The van der Waals surface area contributed by atoms with Crippen molar-refractivity contribution in [2.45, 2.75) is 6.42 Å². The SMILES string of the molecule is COc1cccc(N2C[C@@H](C(=O)O)CC2=O)c1. The normalized spacial score (nSPS) is 19.5. The zero-order valence-corrected chi connectivity index (χ0v) is 9.42. The summed E-state index contributed by atoms with van der Waals surface area (Å²) in [6.07, 6.45) is 0.0620. The van der Waals surface area contributed by atoms with Gasteiger partial charge in [-0.15, -0.1) is 0 Å². The van der Waals surface area contributed by atoms with Crippen LogP contribution in [0.1, 0.15) is 6.42 Å². The molecule has 1 aromatic carbocycles. The molecule has 0 saturated carbocycles. The van der Waals surface area contributed by atoms with Crippen LogP contribution < -0.4 is 9.64 Å². The van der Waals surface area contributed by atoms with Crippen LogP contribution in [0.3, 0.4) is 0 Å². The smallest absolute Gasteiger partial charge is 0.308 e. The molecule has 1 atom stereocenters. The topological polar surface area (TPSA) is 66.8 Å². The monoisotopic (exact) mass is 235 g/mol. The second-order valence-corrected chi connectivity index (χ2v) is 3.95. The lowest BCUT2D eigenvalue weighted by atomic mass is 10.1. The maximum atomic E-state index is 11.7. The van der Waals surface area contributed by atoms with Crippen LogP contribution in [0.4, 0.5) is 5.69 Å². The molecule has 0 spiro atoms. The molecule has 1 aliphatic rings. The maximum absolute atomic E-state index is 11.7. The standard InChI is InChI=1S/C12H13NO4/c1-17-10-4-2-3-9(6-10)13-7-8(12(15)16)5-11(13)14/h2-4,6,8H,5,7H2,1H3,(H,15,16)/t8-/m0/s1. The van der Waals surface area contributed by atoms with Crippen molar-refractivity contribution in [3.63, 3.8) is 0 Å². The molecular weight excluding hydrogens is 222 g/mol. The van der Waals surface area contributed by atoms with Crippen molar-refractivity contribution >= 4 is 17.6 Å². The van der Waals surface area contributed by atoms with Gasteiger partial charge in [0.05, 0.1) is 13.0 Å². The first-order chi connectivity index (χ1) is 8.11. The lowest BCUT2D eigenvalue weighted by Crippen LogP contribution is -2.25. The van der Waals surface area contributed by atoms with Gasteiger partial charge in [-0.2, -0.15) is 0 Å².